The SMILES string of the molecule is Oc1cc(O)c(O)c(C=NCCCN=Cc2cc(O)cc(O)c2O)c1.[CH-]=O.[CH-]=O.[Co+2]. The fraction of sp³-hybridized carbons (Fsp3) is 0.158. The quantitative estimate of drug-likeness (QED) is 0.0926. The molecule has 0 unspecified atom stereocenters. The van der Waals surface area contributed by atoms with Crippen molar-refractivity contribution >= 4 is 26.0 Å². The zero-order valence-electron chi connectivity index (χ0n) is 15.5. The van der Waals surface area contributed by atoms with Crippen LogP contribution in [-0.2, 0) is 26.4 Å². The minimum atomic E-state index is -0.430. The molecule has 0 saturated carbocycles. The van der Waals surface area contributed by atoms with E-state index in [0.29, 0.717) is 19.5 Å². The molecule has 0 heterocycles. The largest absolute Gasteiger partial charge is 2.00 e. The molecule has 2 aromatic carbocycles. The first-order valence-corrected chi connectivity index (χ1v) is 7.85. The van der Waals surface area contributed by atoms with Gasteiger partial charge in [0.15, 0.2) is 23.0 Å². The van der Waals surface area contributed by atoms with E-state index in [-0.39, 0.29) is 50.9 Å². The van der Waals surface area contributed by atoms with E-state index < -0.39 is 11.5 Å². The van der Waals surface area contributed by atoms with Crippen LogP contribution in [-0.4, -0.2) is 69.7 Å². The number of benzene rings is 2. The van der Waals surface area contributed by atoms with Crippen LogP contribution >= 0.6 is 0 Å². The molecule has 0 spiro atoms. The van der Waals surface area contributed by atoms with Gasteiger partial charge in [-0.1, -0.05) is 0 Å². The number of hydrogen-bond acceptors (Lipinski definition) is 10. The van der Waals surface area contributed by atoms with Crippen LogP contribution in [0.1, 0.15) is 17.5 Å². The van der Waals surface area contributed by atoms with Gasteiger partial charge in [-0.3, -0.25) is 23.6 Å². The molecule has 0 fully saturated rings. The first kappa shape index (κ1) is 28.6. The molecule has 0 aliphatic rings. The van der Waals surface area contributed by atoms with Crippen LogP contribution in [0.3, 0.4) is 0 Å². The molecule has 2 aromatic rings. The van der Waals surface area contributed by atoms with Crippen molar-refractivity contribution in [1.29, 1.82) is 0 Å². The maximum Gasteiger partial charge on any atom is 2.00 e. The second-order valence-electron chi connectivity index (χ2n) is 5.23. The molecule has 2 rings (SSSR count). The van der Waals surface area contributed by atoms with Gasteiger partial charge in [0, 0.05) is 48.8 Å². The molecular weight excluding hydrogens is 443 g/mol. The third-order valence-corrected chi connectivity index (χ3v) is 3.24. The van der Waals surface area contributed by atoms with Crippen LogP contribution in [0.2, 0.25) is 0 Å². The topological polar surface area (TPSA) is 180 Å². The fourth-order valence-corrected chi connectivity index (χ4v) is 2.03. The van der Waals surface area contributed by atoms with Gasteiger partial charge in [0.1, 0.15) is 11.5 Å². The summed E-state index contributed by atoms with van der Waals surface area (Å²) in [6.45, 7) is 7.26. The first-order valence-electron chi connectivity index (χ1n) is 7.85. The van der Waals surface area contributed by atoms with Gasteiger partial charge in [-0.05, 0) is 18.6 Å². The number of carbonyl (C=O) groups excluding carboxylic acids is 2. The van der Waals surface area contributed by atoms with Crippen molar-refractivity contribution in [3.63, 3.8) is 0 Å². The van der Waals surface area contributed by atoms with Gasteiger partial charge < -0.3 is 40.2 Å². The fourth-order valence-electron chi connectivity index (χ4n) is 2.03. The molecule has 163 valence electrons. The summed E-state index contributed by atoms with van der Waals surface area (Å²) in [6.07, 6.45) is 3.22. The van der Waals surface area contributed by atoms with Crippen LogP contribution in [0.5, 0.6) is 34.5 Å². The van der Waals surface area contributed by atoms with Crippen molar-refractivity contribution in [3.05, 3.63) is 35.4 Å². The average Bonchev–Trinajstić information content (AvgIpc) is 2.71. The Bertz CT molecular complexity index is 789. The Hall–Kier alpha value is -3.57. The van der Waals surface area contributed by atoms with Crippen LogP contribution in [0.4, 0.5) is 0 Å². The summed E-state index contributed by atoms with van der Waals surface area (Å²) < 4.78 is 0. The summed E-state index contributed by atoms with van der Waals surface area (Å²) >= 11 is 0. The van der Waals surface area contributed by atoms with E-state index >= 15 is 0 Å². The summed E-state index contributed by atoms with van der Waals surface area (Å²) in [4.78, 5) is 23.6. The Morgan fingerprint density at radius 2 is 1.00 bits per heavy atom. The maximum absolute atomic E-state index is 9.62. The standard InChI is InChI=1S/C17H18N2O6.2CHO.Co/c20-12-4-10(16(24)14(22)6-12)8-18-2-1-3-19-9-11-5-13(21)7-15(23)17(11)25;2*1-2;/h4-9,20-25H,1-3H2;2*1H;/q;2*-1;+2. The summed E-state index contributed by atoms with van der Waals surface area (Å²) in [6, 6.07) is 4.59. The predicted octanol–water partition coefficient (Wildman–Crippen LogP) is 1.30. The van der Waals surface area contributed by atoms with Gasteiger partial charge in [-0.25, -0.2) is 0 Å². The minimum absolute atomic E-state index is 0. The molecule has 1 radical (unpaired) electrons. The van der Waals surface area contributed by atoms with Gasteiger partial charge in [0.25, 0.3) is 0 Å². The van der Waals surface area contributed by atoms with Crippen molar-refractivity contribution in [2.75, 3.05) is 13.1 Å². The molecule has 0 aliphatic heterocycles. The molecule has 0 amide bonds. The summed E-state index contributed by atoms with van der Waals surface area (Å²) in [7, 11) is 0. The van der Waals surface area contributed by atoms with E-state index in [0.717, 1.165) is 12.1 Å². The number of aliphatic imine (C=N–C) groups is 2. The van der Waals surface area contributed by atoms with Crippen LogP contribution in [0.15, 0.2) is 34.3 Å². The van der Waals surface area contributed by atoms with Crippen molar-refractivity contribution in [2.45, 2.75) is 6.42 Å². The molecule has 0 atom stereocenters. The van der Waals surface area contributed by atoms with Crippen LogP contribution in [0, 0.1) is 0 Å². The van der Waals surface area contributed by atoms with Gasteiger partial charge in [-0.2, -0.15) is 0 Å². The van der Waals surface area contributed by atoms with Crippen LogP contribution in [0.25, 0.3) is 0 Å². The first-order chi connectivity index (χ1) is 13.9. The second kappa shape index (κ2) is 15.4. The molecular formula is C19H20CoN2O8. The molecule has 10 nitrogen and oxygen atoms in total. The Morgan fingerprint density at radius 3 is 1.33 bits per heavy atom. The molecule has 0 aliphatic carbocycles. The molecule has 30 heavy (non-hydrogen) atoms. The van der Waals surface area contributed by atoms with Crippen LogP contribution < -0.4 is 0 Å². The van der Waals surface area contributed by atoms with E-state index in [4.69, 9.17) is 9.59 Å². The number of aromatic hydroxyl groups is 6. The van der Waals surface area contributed by atoms with E-state index in [2.05, 4.69) is 23.6 Å². The molecule has 0 aromatic heterocycles. The Morgan fingerprint density at radius 1 is 0.667 bits per heavy atom. The second-order valence-corrected chi connectivity index (χ2v) is 5.23. The monoisotopic (exact) mass is 463 g/mol. The van der Waals surface area contributed by atoms with E-state index in [9.17, 15) is 30.6 Å². The number of hydrogen-bond donors (Lipinski definition) is 6. The molecule has 6 N–H and O–H groups in total. The van der Waals surface area contributed by atoms with E-state index in [1.807, 2.05) is 0 Å². The van der Waals surface area contributed by atoms with E-state index in [1.165, 1.54) is 24.6 Å². The number of phenols is 6. The van der Waals surface area contributed by atoms with Crippen molar-refractivity contribution in [3.8, 4) is 34.5 Å². The van der Waals surface area contributed by atoms with Gasteiger partial charge in [-0.15, -0.1) is 0 Å². The van der Waals surface area contributed by atoms with Crippen molar-refractivity contribution in [2.24, 2.45) is 9.98 Å². The Balaban J connectivity index is 0. The third kappa shape index (κ3) is 9.08. The molecule has 0 bridgehead atoms. The third-order valence-electron chi connectivity index (χ3n) is 3.24. The summed E-state index contributed by atoms with van der Waals surface area (Å²) in [5, 5.41) is 56.7. The number of nitrogens with zero attached hydrogens (tertiary/aromatic N) is 2. The molecule has 0 saturated heterocycles. The predicted molar refractivity (Wildman–Crippen MR) is 106 cm³/mol. The number of rotatable bonds is 6. The van der Waals surface area contributed by atoms with Crippen molar-refractivity contribution < 1.29 is 57.0 Å². The van der Waals surface area contributed by atoms with Gasteiger partial charge in [0.05, 0.1) is 0 Å². The van der Waals surface area contributed by atoms with Crippen molar-refractivity contribution in [1.82, 2.24) is 0 Å². The zero-order valence-corrected chi connectivity index (χ0v) is 16.5. The number of phenolic OH excluding ortho intramolecular Hbond substituents is 6. The van der Waals surface area contributed by atoms with E-state index in [1.54, 1.807) is 0 Å². The Kier molecular flexibility index (Phi) is 14.7. The average molecular weight is 463 g/mol. The smallest absolute Gasteiger partial charge is 0.545 e. The zero-order chi connectivity index (χ0) is 22.4. The van der Waals surface area contributed by atoms with Gasteiger partial charge in [0.2, 0.25) is 0 Å². The minimum Gasteiger partial charge on any atom is -0.545 e. The summed E-state index contributed by atoms with van der Waals surface area (Å²) in [5.74, 6) is -1.95. The normalized spacial score (nSPS) is 9.87. The molecule has 11 heteroatoms. The Labute approximate surface area is 182 Å². The van der Waals surface area contributed by atoms with Gasteiger partial charge >= 0.3 is 16.8 Å². The summed E-state index contributed by atoms with van der Waals surface area (Å²) in [5.41, 5.74) is 0.391. The maximum atomic E-state index is 9.62.